The molecule has 3 heteroatoms. The fraction of sp³-hybridized carbons (Fsp3) is 0.600. The molecule has 0 aliphatic carbocycles. The molecule has 0 saturated carbocycles. The molecule has 1 aromatic rings. The minimum absolute atomic E-state index is 0.00850. The zero-order chi connectivity index (χ0) is 13.8. The summed E-state index contributed by atoms with van der Waals surface area (Å²) in [5, 5.41) is 0.683. The van der Waals surface area contributed by atoms with Gasteiger partial charge in [-0.15, -0.1) is 0 Å². The van der Waals surface area contributed by atoms with E-state index in [1.165, 1.54) is 0 Å². The fourth-order valence-electron chi connectivity index (χ4n) is 1.68. The first-order valence-corrected chi connectivity index (χ1v) is 6.83. The maximum Gasteiger partial charge on any atom is 0.121 e. The Hall–Kier alpha value is -0.730. The van der Waals surface area contributed by atoms with E-state index in [2.05, 4.69) is 20.8 Å². The van der Waals surface area contributed by atoms with Crippen molar-refractivity contribution in [1.29, 1.82) is 0 Å². The van der Waals surface area contributed by atoms with Crippen molar-refractivity contribution in [2.75, 3.05) is 0 Å². The van der Waals surface area contributed by atoms with E-state index in [4.69, 9.17) is 22.1 Å². The molecule has 0 fully saturated rings. The van der Waals surface area contributed by atoms with Gasteiger partial charge in [0.15, 0.2) is 0 Å². The number of halogens is 1. The molecule has 102 valence electrons. The van der Waals surface area contributed by atoms with Gasteiger partial charge in [0.2, 0.25) is 0 Å². The van der Waals surface area contributed by atoms with Gasteiger partial charge in [0.1, 0.15) is 11.9 Å². The number of hydrogen-bond donors (Lipinski definition) is 1. The molecular weight excluding hydrogens is 246 g/mol. The summed E-state index contributed by atoms with van der Waals surface area (Å²) in [6.07, 6.45) is 2.05. The van der Waals surface area contributed by atoms with E-state index in [9.17, 15) is 0 Å². The summed E-state index contributed by atoms with van der Waals surface area (Å²) in [5.74, 6) is 0.779. The standard InChI is InChI=1S/C15H24ClNO/c1-11(14(17)8-9-15(2,3)4)18-13-7-5-6-12(16)10-13/h5-7,10-11,14H,8-9,17H2,1-4H3. The van der Waals surface area contributed by atoms with Gasteiger partial charge in [-0.3, -0.25) is 0 Å². The highest BCUT2D eigenvalue weighted by atomic mass is 35.5. The number of ether oxygens (including phenoxy) is 1. The lowest BCUT2D eigenvalue weighted by Gasteiger charge is -2.25. The molecule has 0 amide bonds. The molecular formula is C15H24ClNO. The minimum atomic E-state index is -0.00850. The van der Waals surface area contributed by atoms with Crippen LogP contribution in [0.15, 0.2) is 24.3 Å². The minimum Gasteiger partial charge on any atom is -0.489 e. The van der Waals surface area contributed by atoms with Crippen molar-refractivity contribution in [1.82, 2.24) is 0 Å². The second-order valence-electron chi connectivity index (χ2n) is 6.04. The number of rotatable bonds is 5. The van der Waals surface area contributed by atoms with E-state index in [0.29, 0.717) is 10.4 Å². The number of nitrogens with two attached hydrogens (primary N) is 1. The predicted octanol–water partition coefficient (Wildman–Crippen LogP) is 4.26. The van der Waals surface area contributed by atoms with Crippen molar-refractivity contribution in [2.24, 2.45) is 11.1 Å². The summed E-state index contributed by atoms with van der Waals surface area (Å²) in [7, 11) is 0. The van der Waals surface area contributed by atoms with Gasteiger partial charge in [0.05, 0.1) is 0 Å². The lowest BCUT2D eigenvalue weighted by Crippen LogP contribution is -2.37. The van der Waals surface area contributed by atoms with E-state index in [1.54, 1.807) is 0 Å². The van der Waals surface area contributed by atoms with Gasteiger partial charge in [-0.1, -0.05) is 38.4 Å². The highest BCUT2D eigenvalue weighted by Gasteiger charge is 2.18. The molecule has 2 atom stereocenters. The Morgan fingerprint density at radius 2 is 2.00 bits per heavy atom. The van der Waals surface area contributed by atoms with Crippen LogP contribution in [0, 0.1) is 5.41 Å². The van der Waals surface area contributed by atoms with Crippen LogP contribution in [0.1, 0.15) is 40.5 Å². The Morgan fingerprint density at radius 1 is 1.33 bits per heavy atom. The Bertz CT molecular complexity index is 373. The molecule has 0 heterocycles. The van der Waals surface area contributed by atoms with Crippen molar-refractivity contribution in [3.63, 3.8) is 0 Å². The smallest absolute Gasteiger partial charge is 0.121 e. The molecule has 0 aliphatic rings. The van der Waals surface area contributed by atoms with E-state index >= 15 is 0 Å². The van der Waals surface area contributed by atoms with Crippen LogP contribution in [0.2, 0.25) is 5.02 Å². The van der Waals surface area contributed by atoms with Crippen molar-refractivity contribution >= 4 is 11.6 Å². The van der Waals surface area contributed by atoms with Gasteiger partial charge >= 0.3 is 0 Å². The average molecular weight is 270 g/mol. The first-order chi connectivity index (χ1) is 8.28. The number of benzene rings is 1. The molecule has 2 unspecified atom stereocenters. The fourth-order valence-corrected chi connectivity index (χ4v) is 1.86. The lowest BCUT2D eigenvalue weighted by atomic mass is 9.88. The monoisotopic (exact) mass is 269 g/mol. The van der Waals surface area contributed by atoms with Crippen molar-refractivity contribution in [2.45, 2.75) is 52.7 Å². The van der Waals surface area contributed by atoms with Crippen molar-refractivity contribution in [3.05, 3.63) is 29.3 Å². The number of hydrogen-bond acceptors (Lipinski definition) is 2. The normalized spacial score (nSPS) is 15.2. The Kier molecular flexibility index (Phi) is 5.48. The molecule has 0 bridgehead atoms. The molecule has 0 aromatic heterocycles. The Morgan fingerprint density at radius 3 is 2.56 bits per heavy atom. The highest BCUT2D eigenvalue weighted by Crippen LogP contribution is 2.23. The summed E-state index contributed by atoms with van der Waals surface area (Å²) in [5.41, 5.74) is 6.47. The van der Waals surface area contributed by atoms with E-state index in [-0.39, 0.29) is 12.1 Å². The molecule has 0 spiro atoms. The largest absolute Gasteiger partial charge is 0.489 e. The highest BCUT2D eigenvalue weighted by molar-refractivity contribution is 6.30. The third-order valence-electron chi connectivity index (χ3n) is 2.95. The SMILES string of the molecule is CC(Oc1cccc(Cl)c1)C(N)CCC(C)(C)C. The topological polar surface area (TPSA) is 35.2 Å². The quantitative estimate of drug-likeness (QED) is 0.867. The summed E-state index contributed by atoms with van der Waals surface area (Å²) in [6, 6.07) is 7.47. The van der Waals surface area contributed by atoms with Crippen LogP contribution in [-0.2, 0) is 0 Å². The third kappa shape index (κ3) is 5.74. The predicted molar refractivity (Wildman–Crippen MR) is 78.2 cm³/mol. The van der Waals surface area contributed by atoms with Crippen molar-refractivity contribution < 1.29 is 4.74 Å². The van der Waals surface area contributed by atoms with Crippen LogP contribution in [-0.4, -0.2) is 12.1 Å². The van der Waals surface area contributed by atoms with Gasteiger partial charge in [0, 0.05) is 11.1 Å². The zero-order valence-corrected chi connectivity index (χ0v) is 12.5. The van der Waals surface area contributed by atoms with E-state index in [1.807, 2.05) is 31.2 Å². The summed E-state index contributed by atoms with van der Waals surface area (Å²) in [4.78, 5) is 0. The maximum absolute atomic E-state index is 6.15. The van der Waals surface area contributed by atoms with Crippen LogP contribution < -0.4 is 10.5 Å². The molecule has 18 heavy (non-hydrogen) atoms. The van der Waals surface area contributed by atoms with Crippen LogP contribution in [0.25, 0.3) is 0 Å². The second kappa shape index (κ2) is 6.44. The van der Waals surface area contributed by atoms with Gasteiger partial charge in [0.25, 0.3) is 0 Å². The van der Waals surface area contributed by atoms with Gasteiger partial charge in [-0.05, 0) is 43.4 Å². The van der Waals surface area contributed by atoms with Gasteiger partial charge in [-0.25, -0.2) is 0 Å². The molecule has 2 nitrogen and oxygen atoms in total. The first kappa shape index (κ1) is 15.3. The first-order valence-electron chi connectivity index (χ1n) is 6.46. The molecule has 1 aromatic carbocycles. The average Bonchev–Trinajstić information content (AvgIpc) is 2.24. The summed E-state index contributed by atoms with van der Waals surface area (Å²) in [6.45, 7) is 8.68. The van der Waals surface area contributed by atoms with Gasteiger partial charge in [-0.2, -0.15) is 0 Å². The van der Waals surface area contributed by atoms with E-state index < -0.39 is 0 Å². The van der Waals surface area contributed by atoms with Crippen LogP contribution >= 0.6 is 11.6 Å². The van der Waals surface area contributed by atoms with Crippen LogP contribution in [0.3, 0.4) is 0 Å². The van der Waals surface area contributed by atoms with Crippen molar-refractivity contribution in [3.8, 4) is 5.75 Å². The molecule has 0 aliphatic heterocycles. The maximum atomic E-state index is 6.15. The lowest BCUT2D eigenvalue weighted by molar-refractivity contribution is 0.175. The molecule has 2 N–H and O–H groups in total. The summed E-state index contributed by atoms with van der Waals surface area (Å²) >= 11 is 5.92. The zero-order valence-electron chi connectivity index (χ0n) is 11.7. The molecule has 0 radical (unpaired) electrons. The summed E-state index contributed by atoms with van der Waals surface area (Å²) < 4.78 is 5.81. The molecule has 0 saturated heterocycles. The van der Waals surface area contributed by atoms with Gasteiger partial charge < -0.3 is 10.5 Å². The Labute approximate surface area is 115 Å². The van der Waals surface area contributed by atoms with Crippen LogP contribution in [0.5, 0.6) is 5.75 Å². The second-order valence-corrected chi connectivity index (χ2v) is 6.48. The van der Waals surface area contributed by atoms with Crippen LogP contribution in [0.4, 0.5) is 0 Å². The third-order valence-corrected chi connectivity index (χ3v) is 3.18. The Balaban J connectivity index is 2.47. The van der Waals surface area contributed by atoms with E-state index in [0.717, 1.165) is 18.6 Å². The molecule has 1 rings (SSSR count).